The van der Waals surface area contributed by atoms with Crippen LogP contribution in [0.25, 0.3) is 21.1 Å². The number of aromatic nitrogens is 1. The summed E-state index contributed by atoms with van der Waals surface area (Å²) in [5.74, 6) is 1.43. The Morgan fingerprint density at radius 1 is 1.05 bits per heavy atom. The summed E-state index contributed by atoms with van der Waals surface area (Å²) in [6.07, 6.45) is 0. The molecule has 3 rings (SSSR count). The highest BCUT2D eigenvalue weighted by atomic mass is 79.9. The van der Waals surface area contributed by atoms with Gasteiger partial charge in [0.25, 0.3) is 0 Å². The van der Waals surface area contributed by atoms with Crippen LogP contribution in [0.15, 0.2) is 39.5 Å². The van der Waals surface area contributed by atoms with E-state index in [-0.39, 0.29) is 0 Å². The fraction of sp³-hybridized carbons (Fsp3) is 0.133. The Labute approximate surface area is 139 Å². The first kappa shape index (κ1) is 14.6. The lowest BCUT2D eigenvalue weighted by atomic mass is 10.2. The Hall–Kier alpha value is -1.37. The van der Waals surface area contributed by atoms with Gasteiger partial charge in [0, 0.05) is 15.4 Å². The molecule has 108 valence electrons. The fourth-order valence-electron chi connectivity index (χ4n) is 1.96. The van der Waals surface area contributed by atoms with Gasteiger partial charge in [-0.05, 0) is 45.6 Å². The highest BCUT2D eigenvalue weighted by molar-refractivity contribution is 9.10. The van der Waals surface area contributed by atoms with Gasteiger partial charge in [-0.1, -0.05) is 0 Å². The average molecular weight is 382 g/mol. The summed E-state index contributed by atoms with van der Waals surface area (Å²) in [4.78, 5) is 5.87. The van der Waals surface area contributed by atoms with Gasteiger partial charge in [-0.2, -0.15) is 0 Å². The van der Waals surface area contributed by atoms with Gasteiger partial charge in [-0.3, -0.25) is 0 Å². The lowest BCUT2D eigenvalue weighted by Gasteiger charge is -2.08. The molecule has 21 heavy (non-hydrogen) atoms. The summed E-state index contributed by atoms with van der Waals surface area (Å²) in [5.41, 5.74) is 2.02. The molecule has 0 saturated heterocycles. The number of nitrogens with zero attached hydrogens (tertiary/aromatic N) is 1. The number of ether oxygens (including phenoxy) is 2. The minimum atomic E-state index is 0.712. The van der Waals surface area contributed by atoms with Gasteiger partial charge >= 0.3 is 0 Å². The van der Waals surface area contributed by atoms with Crippen LogP contribution in [0.1, 0.15) is 0 Å². The van der Waals surface area contributed by atoms with Crippen molar-refractivity contribution in [1.82, 2.24) is 4.98 Å². The fourth-order valence-corrected chi connectivity index (χ4v) is 4.38. The first-order chi connectivity index (χ1) is 10.2. The maximum atomic E-state index is 5.34. The van der Waals surface area contributed by atoms with Crippen LogP contribution in [-0.2, 0) is 0 Å². The molecule has 0 unspecified atom stereocenters. The molecule has 0 saturated carbocycles. The highest BCUT2D eigenvalue weighted by Gasteiger charge is 2.12. The smallest absolute Gasteiger partial charge is 0.161 e. The summed E-state index contributed by atoms with van der Waals surface area (Å²) in [6, 6.07) is 7.88. The zero-order valence-electron chi connectivity index (χ0n) is 11.4. The maximum Gasteiger partial charge on any atom is 0.161 e. The van der Waals surface area contributed by atoms with Crippen molar-refractivity contribution in [2.45, 2.75) is 0 Å². The van der Waals surface area contributed by atoms with E-state index in [9.17, 15) is 0 Å². The molecule has 0 amide bonds. The Kier molecular flexibility index (Phi) is 4.28. The normalized spacial score (nSPS) is 10.6. The molecule has 0 bridgehead atoms. The van der Waals surface area contributed by atoms with E-state index in [0.717, 1.165) is 31.4 Å². The zero-order valence-corrected chi connectivity index (χ0v) is 14.6. The Bertz CT molecular complexity index is 767. The standard InChI is InChI=1S/C15H12BrNO2S2/c1-18-12-4-3-9(7-13(12)19-2)15-17-11(8-21-15)14-10(16)5-6-20-14/h3-8H,1-2H3. The van der Waals surface area contributed by atoms with Crippen LogP contribution < -0.4 is 9.47 Å². The summed E-state index contributed by atoms with van der Waals surface area (Å²) in [5, 5.41) is 5.09. The molecule has 0 spiro atoms. The average Bonchev–Trinajstić information content (AvgIpc) is 3.15. The summed E-state index contributed by atoms with van der Waals surface area (Å²) in [7, 11) is 3.27. The zero-order chi connectivity index (χ0) is 14.8. The second-order valence-corrected chi connectivity index (χ2v) is 6.83. The number of halogens is 1. The maximum absolute atomic E-state index is 5.34. The third-order valence-electron chi connectivity index (χ3n) is 2.98. The van der Waals surface area contributed by atoms with Crippen LogP contribution in [0, 0.1) is 0 Å². The van der Waals surface area contributed by atoms with E-state index in [2.05, 4.69) is 26.7 Å². The molecule has 0 aliphatic carbocycles. The number of thiazole rings is 1. The second kappa shape index (κ2) is 6.17. The first-order valence-corrected chi connectivity index (χ1v) is 8.69. The lowest BCUT2D eigenvalue weighted by molar-refractivity contribution is 0.355. The van der Waals surface area contributed by atoms with E-state index >= 15 is 0 Å². The third-order valence-corrected chi connectivity index (χ3v) is 5.74. The third kappa shape index (κ3) is 2.84. The van der Waals surface area contributed by atoms with E-state index in [1.54, 1.807) is 36.9 Å². The topological polar surface area (TPSA) is 31.4 Å². The molecule has 0 fully saturated rings. The number of methoxy groups -OCH3 is 2. The van der Waals surface area contributed by atoms with Crippen molar-refractivity contribution in [3.8, 4) is 32.6 Å². The molecule has 3 aromatic rings. The molecule has 0 radical (unpaired) electrons. The molecule has 3 nitrogen and oxygen atoms in total. The SMILES string of the molecule is COc1ccc(-c2nc(-c3sccc3Br)cs2)cc1OC. The second-order valence-electron chi connectivity index (χ2n) is 4.21. The van der Waals surface area contributed by atoms with Crippen molar-refractivity contribution in [3.05, 3.63) is 39.5 Å². The minimum absolute atomic E-state index is 0.712. The number of rotatable bonds is 4. The van der Waals surface area contributed by atoms with Crippen molar-refractivity contribution < 1.29 is 9.47 Å². The molecule has 2 heterocycles. The molecular formula is C15H12BrNO2S2. The molecule has 0 atom stereocenters. The number of thiophene rings is 1. The molecule has 6 heteroatoms. The molecule has 2 aromatic heterocycles. The van der Waals surface area contributed by atoms with E-state index in [1.807, 2.05) is 24.3 Å². The summed E-state index contributed by atoms with van der Waals surface area (Å²) < 4.78 is 11.7. The van der Waals surface area contributed by atoms with Crippen LogP contribution in [0.2, 0.25) is 0 Å². The summed E-state index contributed by atoms with van der Waals surface area (Å²) in [6.45, 7) is 0. The van der Waals surface area contributed by atoms with Gasteiger partial charge in [-0.15, -0.1) is 22.7 Å². The highest BCUT2D eigenvalue weighted by Crippen LogP contribution is 2.38. The van der Waals surface area contributed by atoms with Crippen molar-refractivity contribution in [2.24, 2.45) is 0 Å². The predicted octanol–water partition coefficient (Wildman–Crippen LogP) is 5.32. The Morgan fingerprint density at radius 2 is 1.86 bits per heavy atom. The molecule has 0 N–H and O–H groups in total. The van der Waals surface area contributed by atoms with Gasteiger partial charge in [0.05, 0.1) is 24.8 Å². The van der Waals surface area contributed by atoms with E-state index in [1.165, 1.54) is 0 Å². The van der Waals surface area contributed by atoms with Crippen molar-refractivity contribution in [1.29, 1.82) is 0 Å². The van der Waals surface area contributed by atoms with Crippen molar-refractivity contribution in [3.63, 3.8) is 0 Å². The number of hydrogen-bond acceptors (Lipinski definition) is 5. The largest absolute Gasteiger partial charge is 0.493 e. The molecule has 1 aromatic carbocycles. The van der Waals surface area contributed by atoms with Gasteiger partial charge in [0.1, 0.15) is 5.01 Å². The van der Waals surface area contributed by atoms with Gasteiger partial charge in [-0.25, -0.2) is 4.98 Å². The summed E-state index contributed by atoms with van der Waals surface area (Å²) >= 11 is 6.85. The Morgan fingerprint density at radius 3 is 2.52 bits per heavy atom. The van der Waals surface area contributed by atoms with Gasteiger partial charge in [0.2, 0.25) is 0 Å². The van der Waals surface area contributed by atoms with E-state index in [0.29, 0.717) is 5.75 Å². The number of benzene rings is 1. The minimum Gasteiger partial charge on any atom is -0.493 e. The lowest BCUT2D eigenvalue weighted by Crippen LogP contribution is -1.90. The van der Waals surface area contributed by atoms with Crippen molar-refractivity contribution in [2.75, 3.05) is 14.2 Å². The van der Waals surface area contributed by atoms with Crippen LogP contribution in [0.5, 0.6) is 11.5 Å². The van der Waals surface area contributed by atoms with Gasteiger partial charge < -0.3 is 9.47 Å². The van der Waals surface area contributed by atoms with Crippen LogP contribution in [0.3, 0.4) is 0 Å². The van der Waals surface area contributed by atoms with Crippen LogP contribution >= 0.6 is 38.6 Å². The number of hydrogen-bond donors (Lipinski definition) is 0. The first-order valence-electron chi connectivity index (χ1n) is 6.14. The Balaban J connectivity index is 1.98. The van der Waals surface area contributed by atoms with Crippen LogP contribution in [-0.4, -0.2) is 19.2 Å². The molecule has 0 aliphatic rings. The predicted molar refractivity (Wildman–Crippen MR) is 91.7 cm³/mol. The quantitative estimate of drug-likeness (QED) is 0.612. The molecular weight excluding hydrogens is 370 g/mol. The van der Waals surface area contributed by atoms with E-state index < -0.39 is 0 Å². The monoisotopic (exact) mass is 381 g/mol. The molecule has 0 aliphatic heterocycles. The van der Waals surface area contributed by atoms with E-state index in [4.69, 9.17) is 14.5 Å². The van der Waals surface area contributed by atoms with Crippen molar-refractivity contribution >= 4 is 38.6 Å². The van der Waals surface area contributed by atoms with Crippen LogP contribution in [0.4, 0.5) is 0 Å². The van der Waals surface area contributed by atoms with Gasteiger partial charge in [0.15, 0.2) is 11.5 Å².